The van der Waals surface area contributed by atoms with Gasteiger partial charge in [-0.05, 0) is 37.0 Å². The highest BCUT2D eigenvalue weighted by Crippen LogP contribution is 2.25. The van der Waals surface area contributed by atoms with Gasteiger partial charge in [-0.25, -0.2) is 16.8 Å². The van der Waals surface area contributed by atoms with Gasteiger partial charge in [-0.15, -0.1) is 0 Å². The molecule has 1 aliphatic rings. The smallest absolute Gasteiger partial charge is 0.251 e. The van der Waals surface area contributed by atoms with E-state index in [0.29, 0.717) is 12.5 Å². The maximum absolute atomic E-state index is 12.6. The molecule has 134 valence electrons. The summed E-state index contributed by atoms with van der Waals surface area (Å²) in [5.41, 5.74) is 0.265. The minimum atomic E-state index is -3.76. The molecule has 6 nitrogen and oxygen atoms in total. The molecular formula is C16H23NO5S2. The van der Waals surface area contributed by atoms with Gasteiger partial charge in [0.25, 0.3) is 5.91 Å². The van der Waals surface area contributed by atoms with Gasteiger partial charge in [-0.1, -0.05) is 19.9 Å². The third-order valence-corrected chi connectivity index (χ3v) is 8.23. The molecule has 8 heteroatoms. The lowest BCUT2D eigenvalue weighted by molar-refractivity contribution is 0.0952. The Morgan fingerprint density at radius 3 is 2.62 bits per heavy atom. The summed E-state index contributed by atoms with van der Waals surface area (Å²) in [6.45, 7) is 4.62. The van der Waals surface area contributed by atoms with Crippen LogP contribution < -0.4 is 5.32 Å². The number of hydrogen-bond donors (Lipinski definition) is 1. The molecule has 0 radical (unpaired) electrons. The minimum absolute atomic E-state index is 0.00103. The molecule has 1 N–H and O–H groups in total. The summed E-state index contributed by atoms with van der Waals surface area (Å²) >= 11 is 0. The summed E-state index contributed by atoms with van der Waals surface area (Å²) in [4.78, 5) is 12.1. The Hall–Kier alpha value is -1.41. The number of carbonyl (C=O) groups excluding carboxylic acids is 1. The van der Waals surface area contributed by atoms with E-state index in [9.17, 15) is 21.6 Å². The van der Waals surface area contributed by atoms with E-state index >= 15 is 0 Å². The van der Waals surface area contributed by atoms with Gasteiger partial charge in [0.2, 0.25) is 0 Å². The van der Waals surface area contributed by atoms with Gasteiger partial charge < -0.3 is 5.32 Å². The Bertz CT molecular complexity index is 813. The zero-order chi connectivity index (χ0) is 18.0. The van der Waals surface area contributed by atoms with Crippen LogP contribution in [0.2, 0.25) is 0 Å². The summed E-state index contributed by atoms with van der Waals surface area (Å²) in [5.74, 6) is -0.319. The predicted octanol–water partition coefficient (Wildman–Crippen LogP) is 1.42. The number of sulfone groups is 2. The molecule has 0 unspecified atom stereocenters. The zero-order valence-electron chi connectivity index (χ0n) is 13.9. The first-order valence-electron chi connectivity index (χ1n) is 7.94. The van der Waals surface area contributed by atoms with Crippen molar-refractivity contribution in [1.29, 1.82) is 0 Å². The summed E-state index contributed by atoms with van der Waals surface area (Å²) in [5, 5.41) is 1.83. The van der Waals surface area contributed by atoms with Gasteiger partial charge in [0, 0.05) is 12.1 Å². The first-order chi connectivity index (χ1) is 11.1. The molecule has 1 heterocycles. The van der Waals surface area contributed by atoms with Gasteiger partial charge in [0.15, 0.2) is 19.7 Å². The van der Waals surface area contributed by atoms with Crippen molar-refractivity contribution in [2.75, 3.05) is 18.1 Å². The van der Waals surface area contributed by atoms with E-state index < -0.39 is 24.9 Å². The quantitative estimate of drug-likeness (QED) is 0.813. The molecule has 0 bridgehead atoms. The van der Waals surface area contributed by atoms with Gasteiger partial charge in [-0.3, -0.25) is 4.79 Å². The van der Waals surface area contributed by atoms with E-state index in [4.69, 9.17) is 0 Å². The fraction of sp³-hybridized carbons (Fsp3) is 0.562. The Kier molecular flexibility index (Phi) is 5.70. The molecule has 1 amide bonds. The first-order valence-corrected chi connectivity index (χ1v) is 11.3. The van der Waals surface area contributed by atoms with Crippen molar-refractivity contribution in [3.8, 4) is 0 Å². The standard InChI is InChI=1S/C16H23NO5S2/c1-12(2)6-8-17-16(18)13-4-3-5-14(10-13)24(21,22)15-7-9-23(19,20)11-15/h3-5,10,12,15H,6-9,11H2,1-2H3,(H,17,18)/t15-/m1/s1. The van der Waals surface area contributed by atoms with Crippen molar-refractivity contribution in [1.82, 2.24) is 5.32 Å². The van der Waals surface area contributed by atoms with Crippen molar-refractivity contribution < 1.29 is 21.6 Å². The van der Waals surface area contributed by atoms with E-state index in [1.165, 1.54) is 18.2 Å². The average molecular weight is 373 g/mol. The monoisotopic (exact) mass is 373 g/mol. The van der Waals surface area contributed by atoms with Crippen LogP contribution in [0.1, 0.15) is 37.0 Å². The highest BCUT2D eigenvalue weighted by Gasteiger charge is 2.38. The van der Waals surface area contributed by atoms with Gasteiger partial charge >= 0.3 is 0 Å². The molecule has 0 spiro atoms. The van der Waals surface area contributed by atoms with E-state index in [1.54, 1.807) is 6.07 Å². The molecule has 1 saturated heterocycles. The maximum Gasteiger partial charge on any atom is 0.251 e. The van der Waals surface area contributed by atoms with Crippen molar-refractivity contribution >= 4 is 25.6 Å². The lowest BCUT2D eigenvalue weighted by atomic mass is 10.1. The molecule has 1 atom stereocenters. The molecule has 1 aliphatic heterocycles. The van der Waals surface area contributed by atoms with E-state index in [-0.39, 0.29) is 34.3 Å². The Labute approximate surface area is 143 Å². The van der Waals surface area contributed by atoms with Crippen LogP contribution >= 0.6 is 0 Å². The molecule has 1 aromatic rings. The Balaban J connectivity index is 2.16. The molecule has 0 aliphatic carbocycles. The molecular weight excluding hydrogens is 350 g/mol. The maximum atomic E-state index is 12.6. The molecule has 2 rings (SSSR count). The van der Waals surface area contributed by atoms with Crippen LogP contribution in [0, 0.1) is 5.92 Å². The fourth-order valence-corrected chi connectivity index (χ4v) is 6.99. The molecule has 24 heavy (non-hydrogen) atoms. The Morgan fingerprint density at radius 2 is 2.04 bits per heavy atom. The van der Waals surface area contributed by atoms with Crippen LogP contribution in [0.15, 0.2) is 29.2 Å². The zero-order valence-corrected chi connectivity index (χ0v) is 15.5. The van der Waals surface area contributed by atoms with Gasteiger partial charge in [0.05, 0.1) is 21.7 Å². The summed E-state index contributed by atoms with van der Waals surface area (Å²) in [6, 6.07) is 5.79. The second-order valence-electron chi connectivity index (χ2n) is 6.54. The van der Waals surface area contributed by atoms with Crippen molar-refractivity contribution in [2.45, 2.75) is 36.8 Å². The fourth-order valence-electron chi connectivity index (χ4n) is 2.59. The van der Waals surface area contributed by atoms with Crippen molar-refractivity contribution in [2.24, 2.45) is 5.92 Å². The number of carbonyl (C=O) groups is 1. The van der Waals surface area contributed by atoms with Crippen LogP contribution in [-0.2, 0) is 19.7 Å². The highest BCUT2D eigenvalue weighted by atomic mass is 32.2. The normalized spacial score (nSPS) is 20.2. The van der Waals surface area contributed by atoms with E-state index in [0.717, 1.165) is 6.42 Å². The predicted molar refractivity (Wildman–Crippen MR) is 92.5 cm³/mol. The van der Waals surface area contributed by atoms with E-state index in [1.807, 2.05) is 0 Å². The largest absolute Gasteiger partial charge is 0.352 e. The third-order valence-electron chi connectivity index (χ3n) is 4.06. The van der Waals surface area contributed by atoms with Crippen molar-refractivity contribution in [3.05, 3.63) is 29.8 Å². The number of nitrogens with one attached hydrogen (secondary N) is 1. The number of benzene rings is 1. The van der Waals surface area contributed by atoms with E-state index in [2.05, 4.69) is 19.2 Å². The molecule has 0 saturated carbocycles. The lowest BCUT2D eigenvalue weighted by Crippen LogP contribution is -2.26. The molecule has 0 aromatic heterocycles. The highest BCUT2D eigenvalue weighted by molar-refractivity contribution is 7.96. The second-order valence-corrected chi connectivity index (χ2v) is 11.0. The van der Waals surface area contributed by atoms with Crippen LogP contribution in [0.4, 0.5) is 0 Å². The van der Waals surface area contributed by atoms with Gasteiger partial charge in [0.1, 0.15) is 0 Å². The average Bonchev–Trinajstić information content (AvgIpc) is 2.88. The van der Waals surface area contributed by atoms with Crippen LogP contribution in [-0.4, -0.2) is 46.0 Å². The van der Waals surface area contributed by atoms with Gasteiger partial charge in [-0.2, -0.15) is 0 Å². The lowest BCUT2D eigenvalue weighted by Gasteiger charge is -2.12. The SMILES string of the molecule is CC(C)CCNC(=O)c1cccc(S(=O)(=O)[C@@H]2CCS(=O)(=O)C2)c1. The number of rotatable bonds is 6. The minimum Gasteiger partial charge on any atom is -0.352 e. The summed E-state index contributed by atoms with van der Waals surface area (Å²) < 4.78 is 48.3. The number of hydrogen-bond acceptors (Lipinski definition) is 5. The summed E-state index contributed by atoms with van der Waals surface area (Å²) in [7, 11) is -7.05. The third kappa shape index (κ3) is 4.57. The number of amides is 1. The molecule has 1 fully saturated rings. The summed E-state index contributed by atoms with van der Waals surface area (Å²) in [6.07, 6.45) is 0.944. The van der Waals surface area contributed by atoms with Crippen LogP contribution in [0.25, 0.3) is 0 Å². The topological polar surface area (TPSA) is 97.4 Å². The first kappa shape index (κ1) is 18.9. The van der Waals surface area contributed by atoms with Crippen LogP contribution in [0.5, 0.6) is 0 Å². The van der Waals surface area contributed by atoms with Crippen LogP contribution in [0.3, 0.4) is 0 Å². The van der Waals surface area contributed by atoms with Crippen molar-refractivity contribution in [3.63, 3.8) is 0 Å². The molecule has 1 aromatic carbocycles. The second kappa shape index (κ2) is 7.23. The Morgan fingerprint density at radius 1 is 1.33 bits per heavy atom.